The molecule has 0 spiro atoms. The monoisotopic (exact) mass is 518 g/mol. The number of hydrogen-bond donors (Lipinski definition) is 2. The molecule has 2 unspecified atom stereocenters. The number of para-hydroxylation sites is 1. The first kappa shape index (κ1) is 26.8. The highest BCUT2D eigenvalue weighted by atomic mass is 32.2. The van der Waals surface area contributed by atoms with Crippen LogP contribution in [0.5, 0.6) is 0 Å². The molecule has 10 heteroatoms. The van der Waals surface area contributed by atoms with Crippen LogP contribution in [0.3, 0.4) is 0 Å². The van der Waals surface area contributed by atoms with Crippen LogP contribution in [0.25, 0.3) is 10.9 Å². The third-order valence-corrected chi connectivity index (χ3v) is 8.98. The Balaban J connectivity index is 1.38. The minimum atomic E-state index is -3.33. The smallest absolute Gasteiger partial charge is 0.264 e. The number of fused-ring (bicyclic) bond motifs is 3. The standard InChI is InChI=1S/C26H38N4O5S/c1-17(2)30-24-8-6-5-7-19(24)13-23(26(30)33)25(32)27-14-18-11-20-9-10-21(12-18)29(20)16-22(31)15-28(3)36(4,34)35/h5-8,13,17-18,20-22,31H,9-12,14-16H2,1-4H3,(H,27,32)/t18?,20-,21+,22?. The Morgan fingerprint density at radius 3 is 2.44 bits per heavy atom. The molecule has 3 heterocycles. The van der Waals surface area contributed by atoms with Gasteiger partial charge in [0.15, 0.2) is 0 Å². The molecule has 0 saturated carbocycles. The molecule has 0 aliphatic carbocycles. The minimum Gasteiger partial charge on any atom is -0.390 e. The molecule has 1 amide bonds. The summed E-state index contributed by atoms with van der Waals surface area (Å²) in [6.07, 6.45) is 4.26. The molecule has 36 heavy (non-hydrogen) atoms. The molecular formula is C26H38N4O5S. The number of nitrogens with one attached hydrogen (secondary N) is 1. The van der Waals surface area contributed by atoms with E-state index in [0.717, 1.165) is 42.8 Å². The summed E-state index contributed by atoms with van der Waals surface area (Å²) in [5.41, 5.74) is 0.716. The van der Waals surface area contributed by atoms with E-state index in [2.05, 4.69) is 10.2 Å². The van der Waals surface area contributed by atoms with Crippen molar-refractivity contribution in [3.05, 3.63) is 46.2 Å². The number of aliphatic hydroxyl groups excluding tert-OH is 1. The van der Waals surface area contributed by atoms with Gasteiger partial charge in [-0.25, -0.2) is 12.7 Å². The average molecular weight is 519 g/mol. The molecule has 2 N–H and O–H groups in total. The van der Waals surface area contributed by atoms with Crippen molar-refractivity contribution >= 4 is 26.8 Å². The maximum absolute atomic E-state index is 13.1. The second-order valence-corrected chi connectivity index (χ2v) is 12.8. The van der Waals surface area contributed by atoms with Gasteiger partial charge >= 0.3 is 0 Å². The van der Waals surface area contributed by atoms with Crippen molar-refractivity contribution < 1.29 is 18.3 Å². The molecule has 0 radical (unpaired) electrons. The predicted molar refractivity (Wildman–Crippen MR) is 141 cm³/mol. The Hall–Kier alpha value is -2.27. The number of amides is 1. The van der Waals surface area contributed by atoms with Crippen LogP contribution in [-0.2, 0) is 10.0 Å². The van der Waals surface area contributed by atoms with Gasteiger partial charge in [-0.15, -0.1) is 0 Å². The summed E-state index contributed by atoms with van der Waals surface area (Å²) in [6.45, 7) is 4.91. The number of aliphatic hydroxyl groups is 1. The normalized spacial score (nSPS) is 23.5. The Kier molecular flexibility index (Phi) is 7.89. The summed E-state index contributed by atoms with van der Waals surface area (Å²) >= 11 is 0. The highest BCUT2D eigenvalue weighted by molar-refractivity contribution is 7.88. The molecule has 2 aliphatic rings. The number of nitrogens with zero attached hydrogens (tertiary/aromatic N) is 3. The Labute approximate surface area is 213 Å². The van der Waals surface area contributed by atoms with Crippen LogP contribution in [0, 0.1) is 5.92 Å². The van der Waals surface area contributed by atoms with Crippen molar-refractivity contribution in [2.45, 2.75) is 63.8 Å². The zero-order chi connectivity index (χ0) is 26.2. The minimum absolute atomic E-state index is 0.0670. The van der Waals surface area contributed by atoms with Crippen LogP contribution < -0.4 is 10.9 Å². The first-order valence-electron chi connectivity index (χ1n) is 12.7. The second-order valence-electron chi connectivity index (χ2n) is 10.7. The van der Waals surface area contributed by atoms with Gasteiger partial charge in [0.1, 0.15) is 5.56 Å². The van der Waals surface area contributed by atoms with E-state index in [1.807, 2.05) is 38.1 Å². The summed E-state index contributed by atoms with van der Waals surface area (Å²) in [4.78, 5) is 28.5. The Morgan fingerprint density at radius 1 is 1.19 bits per heavy atom. The van der Waals surface area contributed by atoms with Gasteiger partial charge in [-0.2, -0.15) is 0 Å². The maximum atomic E-state index is 13.1. The molecular weight excluding hydrogens is 480 g/mol. The van der Waals surface area contributed by atoms with Gasteiger partial charge < -0.3 is 15.0 Å². The van der Waals surface area contributed by atoms with Crippen LogP contribution in [-0.4, -0.2) is 84.3 Å². The number of piperidine rings is 1. The molecule has 198 valence electrons. The largest absolute Gasteiger partial charge is 0.390 e. The van der Waals surface area contributed by atoms with E-state index >= 15 is 0 Å². The van der Waals surface area contributed by atoms with Gasteiger partial charge in [0.05, 0.1) is 17.9 Å². The second kappa shape index (κ2) is 10.6. The fourth-order valence-corrected chi connectivity index (χ4v) is 6.32. The van der Waals surface area contributed by atoms with Gasteiger partial charge in [-0.1, -0.05) is 18.2 Å². The third-order valence-electron chi connectivity index (χ3n) is 7.70. The molecule has 2 aliphatic heterocycles. The lowest BCUT2D eigenvalue weighted by molar-refractivity contribution is 0.0394. The van der Waals surface area contributed by atoms with Crippen LogP contribution >= 0.6 is 0 Å². The molecule has 2 aromatic rings. The van der Waals surface area contributed by atoms with Crippen molar-refractivity contribution in [1.82, 2.24) is 19.1 Å². The summed E-state index contributed by atoms with van der Waals surface area (Å²) in [5.74, 6) is -0.0412. The molecule has 9 nitrogen and oxygen atoms in total. The van der Waals surface area contributed by atoms with Gasteiger partial charge in [0.25, 0.3) is 11.5 Å². The van der Waals surface area contributed by atoms with Gasteiger partial charge in [0.2, 0.25) is 10.0 Å². The number of likely N-dealkylation sites (N-methyl/N-ethyl adjacent to an activating group) is 1. The maximum Gasteiger partial charge on any atom is 0.264 e. The summed E-state index contributed by atoms with van der Waals surface area (Å²) in [7, 11) is -1.85. The van der Waals surface area contributed by atoms with E-state index in [1.54, 1.807) is 10.6 Å². The first-order chi connectivity index (χ1) is 17.0. The van der Waals surface area contributed by atoms with Crippen LogP contribution in [0.4, 0.5) is 0 Å². The van der Waals surface area contributed by atoms with Crippen LogP contribution in [0.1, 0.15) is 55.9 Å². The fourth-order valence-electron chi connectivity index (χ4n) is 5.88. The van der Waals surface area contributed by atoms with Crippen molar-refractivity contribution in [3.63, 3.8) is 0 Å². The zero-order valence-electron chi connectivity index (χ0n) is 21.6. The van der Waals surface area contributed by atoms with E-state index in [4.69, 9.17) is 0 Å². The number of aromatic nitrogens is 1. The number of pyridine rings is 1. The number of carbonyl (C=O) groups excluding carboxylic acids is 1. The molecule has 2 bridgehead atoms. The van der Waals surface area contributed by atoms with E-state index in [1.165, 1.54) is 11.4 Å². The predicted octanol–water partition coefficient (Wildman–Crippen LogP) is 1.81. The molecule has 2 fully saturated rings. The highest BCUT2D eigenvalue weighted by Crippen LogP contribution is 2.38. The van der Waals surface area contributed by atoms with Gasteiger partial charge in [0, 0.05) is 44.8 Å². The first-order valence-corrected chi connectivity index (χ1v) is 14.6. The van der Waals surface area contributed by atoms with Gasteiger partial charge in [-0.3, -0.25) is 14.5 Å². The SMILES string of the molecule is CC(C)n1c(=O)c(C(=O)NCC2C[C@H]3CC[C@@H](C2)N3CC(O)CN(C)S(C)(=O)=O)cc2ccccc21. The number of carbonyl (C=O) groups is 1. The number of benzene rings is 1. The highest BCUT2D eigenvalue weighted by Gasteiger charge is 2.41. The number of sulfonamides is 1. The molecule has 2 saturated heterocycles. The van der Waals surface area contributed by atoms with E-state index in [0.29, 0.717) is 31.1 Å². The van der Waals surface area contributed by atoms with Crippen molar-refractivity contribution in [2.24, 2.45) is 5.92 Å². The quantitative estimate of drug-likeness (QED) is 0.524. The molecule has 4 atom stereocenters. The fraction of sp³-hybridized carbons (Fsp3) is 0.615. The van der Waals surface area contributed by atoms with Gasteiger partial charge in [-0.05, 0) is 63.0 Å². The lowest BCUT2D eigenvalue weighted by Gasteiger charge is -2.40. The Bertz CT molecular complexity index is 1260. The van der Waals surface area contributed by atoms with Crippen molar-refractivity contribution in [3.8, 4) is 0 Å². The molecule has 1 aromatic carbocycles. The molecule has 1 aromatic heterocycles. The van der Waals surface area contributed by atoms with E-state index in [9.17, 15) is 23.1 Å². The Morgan fingerprint density at radius 2 is 1.83 bits per heavy atom. The number of hydrogen-bond acceptors (Lipinski definition) is 6. The third kappa shape index (κ3) is 5.66. The van der Waals surface area contributed by atoms with Crippen LogP contribution in [0.15, 0.2) is 35.1 Å². The average Bonchev–Trinajstić information content (AvgIpc) is 3.02. The van der Waals surface area contributed by atoms with Crippen LogP contribution in [0.2, 0.25) is 0 Å². The van der Waals surface area contributed by atoms with E-state index in [-0.39, 0.29) is 29.6 Å². The summed E-state index contributed by atoms with van der Waals surface area (Å²) in [5, 5.41) is 14.4. The summed E-state index contributed by atoms with van der Waals surface area (Å²) in [6, 6.07) is 9.85. The van der Waals surface area contributed by atoms with E-state index < -0.39 is 16.1 Å². The molecule has 4 rings (SSSR count). The topological polar surface area (TPSA) is 112 Å². The lowest BCUT2D eigenvalue weighted by Crippen LogP contribution is -2.50. The van der Waals surface area contributed by atoms with Crippen molar-refractivity contribution in [2.75, 3.05) is 32.9 Å². The number of rotatable bonds is 9. The summed E-state index contributed by atoms with van der Waals surface area (Å²) < 4.78 is 26.2. The van der Waals surface area contributed by atoms with Crippen molar-refractivity contribution in [1.29, 1.82) is 0 Å². The zero-order valence-corrected chi connectivity index (χ0v) is 22.4. The lowest BCUT2D eigenvalue weighted by atomic mass is 9.90.